The maximum Gasteiger partial charge on any atom is 0.243 e. The average molecular weight is 303 g/mol. The highest BCUT2D eigenvalue weighted by Crippen LogP contribution is 2.24. The molecule has 0 saturated heterocycles. The first kappa shape index (κ1) is 16.6. The minimum absolute atomic E-state index is 0.0406. The van der Waals surface area contributed by atoms with E-state index >= 15 is 0 Å². The molecule has 0 spiro atoms. The Morgan fingerprint density at radius 1 is 1.18 bits per heavy atom. The standard InChI is InChI=1S/C17H25N3O2/c1-6-16(17-19-13(5)20-22-17)18-8-14-10(2)7-11(3)15(9-21)12(14)4/h7,16,18,21H,6,8-9H2,1-5H3. The zero-order valence-corrected chi connectivity index (χ0v) is 14.0. The van der Waals surface area contributed by atoms with E-state index in [1.807, 2.05) is 13.8 Å². The molecule has 0 aliphatic rings. The third-order valence-electron chi connectivity index (χ3n) is 4.22. The van der Waals surface area contributed by atoms with Crippen molar-refractivity contribution in [2.45, 2.75) is 60.2 Å². The first-order chi connectivity index (χ1) is 10.5. The minimum Gasteiger partial charge on any atom is -0.392 e. The van der Waals surface area contributed by atoms with Crippen LogP contribution in [0.3, 0.4) is 0 Å². The molecule has 1 atom stereocenters. The lowest BCUT2D eigenvalue weighted by molar-refractivity contribution is 0.280. The molecule has 1 aromatic heterocycles. The van der Waals surface area contributed by atoms with E-state index in [0.29, 0.717) is 18.3 Å². The lowest BCUT2D eigenvalue weighted by Crippen LogP contribution is -2.22. The van der Waals surface area contributed by atoms with Crippen LogP contribution in [0.15, 0.2) is 10.6 Å². The number of hydrogen-bond acceptors (Lipinski definition) is 5. The molecule has 2 rings (SSSR count). The lowest BCUT2D eigenvalue weighted by atomic mass is 9.93. The molecule has 0 fully saturated rings. The Kier molecular flexibility index (Phi) is 5.32. The molecule has 0 saturated carbocycles. The quantitative estimate of drug-likeness (QED) is 0.858. The molecule has 0 radical (unpaired) electrons. The highest BCUT2D eigenvalue weighted by molar-refractivity contribution is 5.44. The molecule has 5 nitrogen and oxygen atoms in total. The Labute approximate surface area is 131 Å². The first-order valence-corrected chi connectivity index (χ1v) is 7.70. The van der Waals surface area contributed by atoms with Crippen molar-refractivity contribution in [1.29, 1.82) is 0 Å². The second kappa shape index (κ2) is 7.03. The van der Waals surface area contributed by atoms with Crippen molar-refractivity contribution in [3.8, 4) is 0 Å². The van der Waals surface area contributed by atoms with Gasteiger partial charge in [0.1, 0.15) is 0 Å². The number of aliphatic hydroxyl groups excluding tert-OH is 1. The summed E-state index contributed by atoms with van der Waals surface area (Å²) in [5.41, 5.74) is 5.77. The smallest absolute Gasteiger partial charge is 0.243 e. The van der Waals surface area contributed by atoms with Gasteiger partial charge in [0, 0.05) is 6.54 Å². The van der Waals surface area contributed by atoms with Gasteiger partial charge in [-0.1, -0.05) is 18.1 Å². The molecule has 0 aliphatic heterocycles. The topological polar surface area (TPSA) is 71.2 Å². The summed E-state index contributed by atoms with van der Waals surface area (Å²) >= 11 is 0. The summed E-state index contributed by atoms with van der Waals surface area (Å²) in [4.78, 5) is 4.31. The van der Waals surface area contributed by atoms with Crippen molar-refractivity contribution in [1.82, 2.24) is 15.5 Å². The van der Waals surface area contributed by atoms with Gasteiger partial charge in [-0.3, -0.25) is 0 Å². The lowest BCUT2D eigenvalue weighted by Gasteiger charge is -2.19. The zero-order chi connectivity index (χ0) is 16.3. The number of nitrogens with one attached hydrogen (secondary N) is 1. The predicted molar refractivity (Wildman–Crippen MR) is 85.5 cm³/mol. The van der Waals surface area contributed by atoms with Crippen LogP contribution in [0.5, 0.6) is 0 Å². The van der Waals surface area contributed by atoms with Gasteiger partial charge in [-0.2, -0.15) is 4.98 Å². The number of aryl methyl sites for hydroxylation is 3. The number of benzene rings is 1. The van der Waals surface area contributed by atoms with Gasteiger partial charge >= 0.3 is 0 Å². The number of hydrogen-bond donors (Lipinski definition) is 2. The van der Waals surface area contributed by atoms with E-state index in [-0.39, 0.29) is 12.6 Å². The van der Waals surface area contributed by atoms with E-state index in [2.05, 4.69) is 42.3 Å². The summed E-state index contributed by atoms with van der Waals surface area (Å²) in [5.74, 6) is 1.28. The fraction of sp³-hybridized carbons (Fsp3) is 0.529. The summed E-state index contributed by atoms with van der Waals surface area (Å²) in [6.07, 6.45) is 0.873. The van der Waals surface area contributed by atoms with Crippen LogP contribution in [0.2, 0.25) is 0 Å². The molecule has 1 heterocycles. The molecule has 2 aromatic rings. The Hall–Kier alpha value is -1.72. The second-order valence-corrected chi connectivity index (χ2v) is 5.77. The Morgan fingerprint density at radius 2 is 1.86 bits per heavy atom. The highest BCUT2D eigenvalue weighted by atomic mass is 16.5. The van der Waals surface area contributed by atoms with Gasteiger partial charge in [0.05, 0.1) is 12.6 Å². The minimum atomic E-state index is 0.0406. The van der Waals surface area contributed by atoms with Gasteiger partial charge in [0.15, 0.2) is 5.82 Å². The van der Waals surface area contributed by atoms with Gasteiger partial charge in [-0.05, 0) is 61.9 Å². The Balaban J connectivity index is 2.20. The van der Waals surface area contributed by atoms with Crippen LogP contribution < -0.4 is 5.32 Å². The molecule has 22 heavy (non-hydrogen) atoms. The van der Waals surface area contributed by atoms with Crippen molar-refractivity contribution in [2.75, 3.05) is 0 Å². The van der Waals surface area contributed by atoms with Crippen molar-refractivity contribution in [2.24, 2.45) is 0 Å². The van der Waals surface area contributed by atoms with E-state index in [1.165, 1.54) is 11.1 Å². The maximum atomic E-state index is 9.57. The molecule has 1 aromatic carbocycles. The molecule has 5 heteroatoms. The average Bonchev–Trinajstić information content (AvgIpc) is 2.89. The molecular weight excluding hydrogens is 278 g/mol. The van der Waals surface area contributed by atoms with Gasteiger partial charge in [-0.15, -0.1) is 0 Å². The molecule has 2 N–H and O–H groups in total. The molecule has 1 unspecified atom stereocenters. The van der Waals surface area contributed by atoms with Crippen LogP contribution in [0, 0.1) is 27.7 Å². The second-order valence-electron chi connectivity index (χ2n) is 5.77. The molecular formula is C17H25N3O2. The van der Waals surface area contributed by atoms with Crippen LogP contribution >= 0.6 is 0 Å². The van der Waals surface area contributed by atoms with E-state index in [0.717, 1.165) is 23.1 Å². The normalized spacial score (nSPS) is 12.6. The monoisotopic (exact) mass is 303 g/mol. The third-order valence-corrected chi connectivity index (χ3v) is 4.22. The number of nitrogens with zero attached hydrogens (tertiary/aromatic N) is 2. The van der Waals surface area contributed by atoms with Gasteiger partial charge < -0.3 is 14.9 Å². The summed E-state index contributed by atoms with van der Waals surface area (Å²) < 4.78 is 5.27. The van der Waals surface area contributed by atoms with Crippen LogP contribution in [0.1, 0.15) is 58.9 Å². The maximum absolute atomic E-state index is 9.57. The van der Waals surface area contributed by atoms with E-state index < -0.39 is 0 Å². The summed E-state index contributed by atoms with van der Waals surface area (Å²) in [7, 11) is 0. The molecule has 120 valence electrons. The van der Waals surface area contributed by atoms with Crippen molar-refractivity contribution in [3.63, 3.8) is 0 Å². The van der Waals surface area contributed by atoms with Crippen LogP contribution in [0.4, 0.5) is 0 Å². The van der Waals surface area contributed by atoms with E-state index in [4.69, 9.17) is 4.52 Å². The predicted octanol–water partition coefficient (Wildman–Crippen LogP) is 3.04. The van der Waals surface area contributed by atoms with Crippen molar-refractivity contribution < 1.29 is 9.63 Å². The molecule has 0 aliphatic carbocycles. The number of aromatic nitrogens is 2. The van der Waals surface area contributed by atoms with Gasteiger partial charge in [-0.25, -0.2) is 0 Å². The highest BCUT2D eigenvalue weighted by Gasteiger charge is 2.17. The van der Waals surface area contributed by atoms with Gasteiger partial charge in [0.2, 0.25) is 5.89 Å². The molecule has 0 bridgehead atoms. The van der Waals surface area contributed by atoms with E-state index in [1.54, 1.807) is 0 Å². The fourth-order valence-electron chi connectivity index (χ4n) is 2.87. The van der Waals surface area contributed by atoms with Crippen LogP contribution in [-0.4, -0.2) is 15.2 Å². The Morgan fingerprint density at radius 3 is 2.41 bits per heavy atom. The largest absolute Gasteiger partial charge is 0.392 e. The van der Waals surface area contributed by atoms with Crippen molar-refractivity contribution >= 4 is 0 Å². The van der Waals surface area contributed by atoms with Crippen LogP contribution in [-0.2, 0) is 13.2 Å². The SMILES string of the molecule is CCC(NCc1c(C)cc(C)c(CO)c1C)c1nc(C)no1. The van der Waals surface area contributed by atoms with Gasteiger partial charge in [0.25, 0.3) is 0 Å². The third kappa shape index (κ3) is 3.36. The fourth-order valence-corrected chi connectivity index (χ4v) is 2.87. The summed E-state index contributed by atoms with van der Waals surface area (Å²) in [5, 5.41) is 16.9. The van der Waals surface area contributed by atoms with E-state index in [9.17, 15) is 5.11 Å². The van der Waals surface area contributed by atoms with Crippen LogP contribution in [0.25, 0.3) is 0 Å². The first-order valence-electron chi connectivity index (χ1n) is 7.70. The Bertz CT molecular complexity index is 650. The number of aliphatic hydroxyl groups is 1. The molecule has 0 amide bonds. The summed E-state index contributed by atoms with van der Waals surface area (Å²) in [6, 6.07) is 2.17. The zero-order valence-electron chi connectivity index (χ0n) is 14.0. The van der Waals surface area contributed by atoms with Crippen molar-refractivity contribution in [3.05, 3.63) is 45.6 Å². The summed E-state index contributed by atoms with van der Waals surface area (Å²) in [6.45, 7) is 10.9. The number of rotatable bonds is 6.